The molecule has 200 valence electrons. The number of benzene rings is 4. The van der Waals surface area contributed by atoms with Crippen molar-refractivity contribution in [2.24, 2.45) is 0 Å². The summed E-state index contributed by atoms with van der Waals surface area (Å²) in [4.78, 5) is 25.9. The van der Waals surface area contributed by atoms with Crippen molar-refractivity contribution in [2.45, 2.75) is 38.5 Å². The van der Waals surface area contributed by atoms with Crippen LogP contribution in [0.3, 0.4) is 0 Å². The first-order valence-corrected chi connectivity index (χ1v) is 13.1. The molecule has 1 unspecified atom stereocenters. The summed E-state index contributed by atoms with van der Waals surface area (Å²) < 4.78 is 5.97. The van der Waals surface area contributed by atoms with Crippen LogP contribution in [-0.4, -0.2) is 33.6 Å². The fourth-order valence-corrected chi connectivity index (χ4v) is 4.38. The predicted molar refractivity (Wildman–Crippen MR) is 151 cm³/mol. The largest absolute Gasteiger partial charge is 0.493 e. The van der Waals surface area contributed by atoms with E-state index in [4.69, 9.17) is 9.84 Å². The third-order valence-electron chi connectivity index (χ3n) is 6.48. The Balaban J connectivity index is 1.54. The van der Waals surface area contributed by atoms with E-state index in [2.05, 4.69) is 0 Å². The topological polar surface area (TPSA) is 87.1 Å². The molecule has 0 spiro atoms. The minimum absolute atomic E-state index is 0.137. The standard InChI is InChI=1S/C33H33NO5/c35-31(36)18-8-3-11-23-39-30-17-10-9-16-29(30)33(38)34(24-25-12-4-1-5-13-25)32(37)28-21-19-27(20-22-28)26-14-6-2-7-15-26/h1-2,4-7,9-10,12-17,19-22,33,38H,3,8,11,18,23-24H2,(H,35,36). The number of ether oxygens (including phenoxy) is 1. The van der Waals surface area contributed by atoms with E-state index in [0.717, 1.165) is 23.1 Å². The number of aliphatic hydroxyl groups excluding tert-OH is 1. The number of unbranched alkanes of at least 4 members (excludes halogenated alkanes) is 2. The Bertz CT molecular complexity index is 1340. The number of aliphatic hydroxyl groups is 1. The quantitative estimate of drug-likeness (QED) is 0.150. The lowest BCUT2D eigenvalue weighted by atomic mass is 10.0. The molecule has 0 heterocycles. The van der Waals surface area contributed by atoms with Gasteiger partial charge in [-0.05, 0) is 54.2 Å². The van der Waals surface area contributed by atoms with Crippen LogP contribution in [0.5, 0.6) is 5.75 Å². The summed E-state index contributed by atoms with van der Waals surface area (Å²) in [7, 11) is 0. The Kier molecular flexibility index (Phi) is 9.86. The van der Waals surface area contributed by atoms with Crippen molar-refractivity contribution in [3.8, 4) is 16.9 Å². The number of carbonyl (C=O) groups is 2. The van der Waals surface area contributed by atoms with Gasteiger partial charge in [0.25, 0.3) is 5.91 Å². The van der Waals surface area contributed by atoms with Crippen molar-refractivity contribution >= 4 is 11.9 Å². The van der Waals surface area contributed by atoms with Crippen molar-refractivity contribution in [2.75, 3.05) is 6.61 Å². The van der Waals surface area contributed by atoms with Crippen LogP contribution in [0.4, 0.5) is 0 Å². The fourth-order valence-electron chi connectivity index (χ4n) is 4.38. The highest BCUT2D eigenvalue weighted by molar-refractivity contribution is 5.95. The monoisotopic (exact) mass is 523 g/mol. The third-order valence-corrected chi connectivity index (χ3v) is 6.48. The molecular formula is C33H33NO5. The fraction of sp³-hybridized carbons (Fsp3) is 0.212. The molecule has 0 aromatic heterocycles. The van der Waals surface area contributed by atoms with Crippen LogP contribution in [-0.2, 0) is 11.3 Å². The Hall–Kier alpha value is -4.42. The van der Waals surface area contributed by atoms with Crippen LogP contribution in [0.2, 0.25) is 0 Å². The van der Waals surface area contributed by atoms with Gasteiger partial charge in [-0.25, -0.2) is 0 Å². The Morgan fingerprint density at radius 3 is 2.03 bits per heavy atom. The van der Waals surface area contributed by atoms with E-state index in [1.54, 1.807) is 30.3 Å². The Labute approximate surface area is 229 Å². The smallest absolute Gasteiger partial charge is 0.303 e. The van der Waals surface area contributed by atoms with Crippen molar-refractivity contribution in [3.05, 3.63) is 126 Å². The molecule has 1 amide bonds. The van der Waals surface area contributed by atoms with E-state index in [9.17, 15) is 14.7 Å². The van der Waals surface area contributed by atoms with Crippen molar-refractivity contribution in [1.82, 2.24) is 4.90 Å². The molecule has 39 heavy (non-hydrogen) atoms. The van der Waals surface area contributed by atoms with Crippen LogP contribution >= 0.6 is 0 Å². The van der Waals surface area contributed by atoms with Crippen LogP contribution in [0, 0.1) is 0 Å². The van der Waals surface area contributed by atoms with Crippen LogP contribution in [0.25, 0.3) is 11.1 Å². The van der Waals surface area contributed by atoms with Crippen molar-refractivity contribution in [3.63, 3.8) is 0 Å². The molecule has 0 aliphatic heterocycles. The molecule has 0 aliphatic carbocycles. The summed E-state index contributed by atoms with van der Waals surface area (Å²) in [5.74, 6) is -0.606. The first-order valence-electron chi connectivity index (χ1n) is 13.1. The molecule has 6 heteroatoms. The summed E-state index contributed by atoms with van der Waals surface area (Å²) in [6, 6.07) is 34.1. The minimum atomic E-state index is -1.24. The van der Waals surface area contributed by atoms with E-state index in [1.807, 2.05) is 78.9 Å². The zero-order valence-corrected chi connectivity index (χ0v) is 21.8. The summed E-state index contributed by atoms with van der Waals surface area (Å²) in [6.07, 6.45) is 0.908. The average Bonchev–Trinajstić information content (AvgIpc) is 2.98. The molecule has 2 N–H and O–H groups in total. The number of hydrogen-bond donors (Lipinski definition) is 2. The Morgan fingerprint density at radius 2 is 1.33 bits per heavy atom. The molecule has 0 saturated heterocycles. The number of rotatable bonds is 13. The summed E-state index contributed by atoms with van der Waals surface area (Å²) in [5, 5.41) is 20.4. The maximum absolute atomic E-state index is 13.8. The number of hydrogen-bond acceptors (Lipinski definition) is 4. The average molecular weight is 524 g/mol. The molecule has 4 aromatic carbocycles. The summed E-state index contributed by atoms with van der Waals surface area (Å²) >= 11 is 0. The summed E-state index contributed by atoms with van der Waals surface area (Å²) in [5.41, 5.74) is 3.92. The summed E-state index contributed by atoms with van der Waals surface area (Å²) in [6.45, 7) is 0.599. The number of carbonyl (C=O) groups excluding carboxylic acids is 1. The van der Waals surface area contributed by atoms with Crippen molar-refractivity contribution in [1.29, 1.82) is 0 Å². The van der Waals surface area contributed by atoms with Gasteiger partial charge in [0.05, 0.1) is 6.61 Å². The van der Waals surface area contributed by atoms with Gasteiger partial charge in [-0.15, -0.1) is 0 Å². The normalized spacial score (nSPS) is 11.5. The number of aliphatic carboxylic acids is 1. The lowest BCUT2D eigenvalue weighted by Gasteiger charge is -2.30. The van der Waals surface area contributed by atoms with Gasteiger partial charge >= 0.3 is 5.97 Å². The highest BCUT2D eigenvalue weighted by Gasteiger charge is 2.27. The van der Waals surface area contributed by atoms with E-state index >= 15 is 0 Å². The van der Waals surface area contributed by atoms with E-state index < -0.39 is 12.2 Å². The van der Waals surface area contributed by atoms with Gasteiger partial charge < -0.3 is 19.8 Å². The van der Waals surface area contributed by atoms with Gasteiger partial charge in [-0.1, -0.05) is 91.0 Å². The SMILES string of the molecule is O=C(O)CCCCCOc1ccccc1C(O)N(Cc1ccccc1)C(=O)c1ccc(-c2ccccc2)cc1. The molecule has 0 bridgehead atoms. The van der Waals surface area contributed by atoms with Gasteiger partial charge in [-0.2, -0.15) is 0 Å². The maximum Gasteiger partial charge on any atom is 0.303 e. The molecule has 0 aliphatic rings. The zero-order chi connectivity index (χ0) is 27.5. The van der Waals surface area contributed by atoms with Crippen molar-refractivity contribution < 1.29 is 24.5 Å². The minimum Gasteiger partial charge on any atom is -0.493 e. The first kappa shape index (κ1) is 27.6. The zero-order valence-electron chi connectivity index (χ0n) is 21.8. The number of para-hydroxylation sites is 1. The number of carboxylic acids is 1. The van der Waals surface area contributed by atoms with Crippen LogP contribution in [0.15, 0.2) is 109 Å². The van der Waals surface area contributed by atoms with E-state index in [0.29, 0.717) is 36.3 Å². The van der Waals surface area contributed by atoms with Gasteiger partial charge in [-0.3, -0.25) is 9.59 Å². The maximum atomic E-state index is 13.8. The van der Waals surface area contributed by atoms with Crippen LogP contribution in [0.1, 0.15) is 53.4 Å². The second-order valence-corrected chi connectivity index (χ2v) is 9.33. The highest BCUT2D eigenvalue weighted by Crippen LogP contribution is 2.31. The van der Waals surface area contributed by atoms with Gasteiger partial charge in [0, 0.05) is 24.1 Å². The van der Waals surface area contributed by atoms with Gasteiger partial charge in [0.15, 0.2) is 6.23 Å². The van der Waals surface area contributed by atoms with Gasteiger partial charge in [0.2, 0.25) is 0 Å². The molecule has 0 saturated carbocycles. The number of amides is 1. The Morgan fingerprint density at radius 1 is 0.718 bits per heavy atom. The molecule has 4 rings (SSSR count). The lowest BCUT2D eigenvalue weighted by molar-refractivity contribution is -0.137. The molecule has 4 aromatic rings. The highest BCUT2D eigenvalue weighted by atomic mass is 16.5. The van der Waals surface area contributed by atoms with E-state index in [-0.39, 0.29) is 18.9 Å². The first-order chi connectivity index (χ1) is 19.0. The number of nitrogens with zero attached hydrogens (tertiary/aromatic N) is 1. The van der Waals surface area contributed by atoms with Crippen LogP contribution < -0.4 is 4.74 Å². The second kappa shape index (κ2) is 13.9. The lowest BCUT2D eigenvalue weighted by Crippen LogP contribution is -2.34. The predicted octanol–water partition coefficient (Wildman–Crippen LogP) is 6.71. The third kappa shape index (κ3) is 7.79. The van der Waals surface area contributed by atoms with Gasteiger partial charge in [0.1, 0.15) is 5.75 Å². The van der Waals surface area contributed by atoms with E-state index in [1.165, 1.54) is 4.90 Å². The second-order valence-electron chi connectivity index (χ2n) is 9.33. The number of carboxylic acid groups (broad SMARTS) is 1. The molecule has 0 fully saturated rings. The molecular weight excluding hydrogens is 490 g/mol. The molecule has 1 atom stereocenters. The molecule has 0 radical (unpaired) electrons. The molecule has 6 nitrogen and oxygen atoms in total.